The monoisotopic (exact) mass is 404 g/mol. The number of carbonyl (C=O) groups excluding carboxylic acids is 4. The molecule has 0 aliphatic carbocycles. The molecule has 0 aromatic rings. The number of aliphatic hydroxyl groups is 1. The summed E-state index contributed by atoms with van der Waals surface area (Å²) in [5.41, 5.74) is 0. The lowest BCUT2D eigenvalue weighted by atomic mass is 10.1. The highest BCUT2D eigenvalue weighted by Gasteiger charge is 2.07. The summed E-state index contributed by atoms with van der Waals surface area (Å²) in [4.78, 5) is 44.7. The first-order chi connectivity index (χ1) is 12.6. The molecule has 1 N–H and O–H groups in total. The van der Waals surface area contributed by atoms with Crippen LogP contribution in [0.4, 0.5) is 0 Å². The molecule has 0 unspecified atom stereocenters. The third kappa shape index (κ3) is 26.5. The molecule has 0 saturated heterocycles. The first kappa shape index (κ1) is 33.8. The minimum absolute atomic E-state index is 0.0231. The van der Waals surface area contributed by atoms with Crippen LogP contribution in [0.3, 0.4) is 0 Å². The van der Waals surface area contributed by atoms with Crippen LogP contribution in [0.1, 0.15) is 62.3 Å². The lowest BCUT2D eigenvalue weighted by Crippen LogP contribution is -2.26. The maximum atomic E-state index is 10.8. The van der Waals surface area contributed by atoms with Crippen molar-refractivity contribution in [3.63, 3.8) is 0 Å². The molecule has 7 nitrogen and oxygen atoms in total. The molecule has 0 aliphatic rings. The van der Waals surface area contributed by atoms with Gasteiger partial charge in [0.15, 0.2) is 5.78 Å². The van der Waals surface area contributed by atoms with Gasteiger partial charge in [-0.3, -0.25) is 19.2 Å². The molecule has 0 aromatic carbocycles. The summed E-state index contributed by atoms with van der Waals surface area (Å²) in [6.45, 7) is 16.7. The Kier molecular flexibility index (Phi) is 24.1. The second kappa shape index (κ2) is 20.0. The van der Waals surface area contributed by atoms with Gasteiger partial charge in [0.1, 0.15) is 12.4 Å². The van der Waals surface area contributed by atoms with Crippen molar-refractivity contribution in [3.8, 4) is 0 Å². The number of nitrogens with zero attached hydrogens (tertiary/aromatic N) is 2. The van der Waals surface area contributed by atoms with E-state index in [1.807, 2.05) is 34.6 Å². The van der Waals surface area contributed by atoms with Gasteiger partial charge in [0, 0.05) is 52.4 Å². The largest absolute Gasteiger partial charge is 0.389 e. The maximum Gasteiger partial charge on any atom is 0.224 e. The molecule has 0 spiro atoms. The van der Waals surface area contributed by atoms with Crippen LogP contribution in [0.25, 0.3) is 0 Å². The predicted molar refractivity (Wildman–Crippen MR) is 115 cm³/mol. The number of rotatable bonds is 5. The average Bonchev–Trinajstić information content (AvgIpc) is 2.60. The van der Waals surface area contributed by atoms with Crippen molar-refractivity contribution in [1.82, 2.24) is 9.80 Å². The number of ketones is 2. The van der Waals surface area contributed by atoms with E-state index in [9.17, 15) is 19.2 Å². The Morgan fingerprint density at radius 2 is 1.14 bits per heavy atom. The highest BCUT2D eigenvalue weighted by atomic mass is 16.3. The van der Waals surface area contributed by atoms with Gasteiger partial charge in [-0.25, -0.2) is 0 Å². The van der Waals surface area contributed by atoms with E-state index in [-0.39, 0.29) is 47.7 Å². The van der Waals surface area contributed by atoms with E-state index in [4.69, 9.17) is 5.11 Å². The normalized spacial score (nSPS) is 9.29. The van der Waals surface area contributed by atoms with Gasteiger partial charge in [-0.1, -0.05) is 41.5 Å². The second-order valence-electron chi connectivity index (χ2n) is 7.47. The molecule has 0 aliphatic heterocycles. The van der Waals surface area contributed by atoms with Crippen molar-refractivity contribution in [2.24, 2.45) is 17.8 Å². The van der Waals surface area contributed by atoms with Crippen LogP contribution in [0.5, 0.6) is 0 Å². The smallest absolute Gasteiger partial charge is 0.224 e. The zero-order chi connectivity index (χ0) is 23.6. The highest BCUT2D eigenvalue weighted by Crippen LogP contribution is 1.94. The molecule has 168 valence electrons. The van der Waals surface area contributed by atoms with Crippen molar-refractivity contribution < 1.29 is 24.3 Å². The van der Waals surface area contributed by atoms with Crippen LogP contribution < -0.4 is 0 Å². The zero-order valence-corrected chi connectivity index (χ0v) is 20.1. The Hall–Kier alpha value is -1.76. The van der Waals surface area contributed by atoms with Crippen LogP contribution in [-0.2, 0) is 19.2 Å². The van der Waals surface area contributed by atoms with E-state index in [1.165, 1.54) is 0 Å². The van der Waals surface area contributed by atoms with Gasteiger partial charge >= 0.3 is 0 Å². The van der Waals surface area contributed by atoms with Crippen LogP contribution in [-0.4, -0.2) is 72.6 Å². The van der Waals surface area contributed by atoms with Gasteiger partial charge < -0.3 is 14.9 Å². The highest BCUT2D eigenvalue weighted by molar-refractivity contribution is 5.81. The number of hydrogen-bond donors (Lipinski definition) is 1. The van der Waals surface area contributed by atoms with Crippen molar-refractivity contribution in [2.45, 2.75) is 62.3 Å². The molecule has 0 aromatic heterocycles. The molecule has 2 amide bonds. The van der Waals surface area contributed by atoms with Crippen LogP contribution in [0, 0.1) is 17.8 Å². The topological polar surface area (TPSA) is 95.0 Å². The molecular formula is C21H44N2O5. The van der Waals surface area contributed by atoms with E-state index in [0.29, 0.717) is 0 Å². The number of hydrogen-bond acceptors (Lipinski definition) is 5. The number of aliphatic hydroxyl groups excluding tert-OH is 1. The summed E-state index contributed by atoms with van der Waals surface area (Å²) in [6.07, 6.45) is 0. The molecule has 7 heteroatoms. The van der Waals surface area contributed by atoms with Gasteiger partial charge in [-0.2, -0.15) is 0 Å². The van der Waals surface area contributed by atoms with Crippen LogP contribution in [0.2, 0.25) is 0 Å². The second-order valence-corrected chi connectivity index (χ2v) is 7.47. The maximum absolute atomic E-state index is 10.8. The Labute approximate surface area is 172 Å². The van der Waals surface area contributed by atoms with E-state index in [1.54, 1.807) is 58.6 Å². The summed E-state index contributed by atoms with van der Waals surface area (Å²) in [5, 5.41) is 8.16. The first-order valence-corrected chi connectivity index (χ1v) is 9.63. The molecular weight excluding hydrogens is 360 g/mol. The molecule has 0 rings (SSSR count). The van der Waals surface area contributed by atoms with Gasteiger partial charge in [-0.15, -0.1) is 0 Å². The number of carbonyl (C=O) groups is 4. The predicted octanol–water partition coefficient (Wildman–Crippen LogP) is 2.65. The van der Waals surface area contributed by atoms with E-state index in [0.717, 1.165) is 6.54 Å². The Bertz CT molecular complexity index is 434. The van der Waals surface area contributed by atoms with Crippen molar-refractivity contribution in [1.29, 1.82) is 0 Å². The first-order valence-electron chi connectivity index (χ1n) is 9.63. The zero-order valence-electron chi connectivity index (χ0n) is 20.1. The van der Waals surface area contributed by atoms with Crippen LogP contribution in [0.15, 0.2) is 0 Å². The average molecular weight is 405 g/mol. The molecule has 28 heavy (non-hydrogen) atoms. The van der Waals surface area contributed by atoms with Crippen molar-refractivity contribution in [2.75, 3.05) is 34.3 Å². The number of amides is 2. The van der Waals surface area contributed by atoms with Gasteiger partial charge in [0.05, 0.1) is 0 Å². The minimum atomic E-state index is -0.322. The third-order valence-electron chi connectivity index (χ3n) is 3.56. The fraction of sp³-hybridized carbons (Fsp3) is 0.810. The molecule has 0 bridgehead atoms. The molecule has 0 atom stereocenters. The number of Topliss-reactive ketones (excluding diaryl/α,β-unsaturated/α-hetero) is 2. The standard InChI is InChI=1S/C6H13NO.C5H11NO.C5H10O2.C5H10O/c1-5(2)6(8)7(3)4;1-4-6(3)5(2)7;1-4(2)5(7)3-6;1-4(2)5(3)6/h5H,1-4H3;4H2,1-3H3;4,6H,3H2,1-2H3;4H,1-3H3. The quantitative estimate of drug-likeness (QED) is 0.760. The summed E-state index contributed by atoms with van der Waals surface area (Å²) < 4.78 is 0. The molecule has 0 heterocycles. The fourth-order valence-electron chi connectivity index (χ4n) is 0.922. The third-order valence-corrected chi connectivity index (χ3v) is 3.56. The summed E-state index contributed by atoms with van der Waals surface area (Å²) >= 11 is 0. The van der Waals surface area contributed by atoms with Gasteiger partial charge in [0.25, 0.3) is 0 Å². The van der Waals surface area contributed by atoms with E-state index >= 15 is 0 Å². The van der Waals surface area contributed by atoms with Crippen molar-refractivity contribution in [3.05, 3.63) is 0 Å². The van der Waals surface area contributed by atoms with Crippen molar-refractivity contribution >= 4 is 23.4 Å². The minimum Gasteiger partial charge on any atom is -0.389 e. The SMILES string of the molecule is CC(=O)C(C)C.CC(C)C(=O)CO.CC(C)C(=O)N(C)C.CCN(C)C(C)=O. The van der Waals surface area contributed by atoms with Gasteiger partial charge in [-0.05, 0) is 13.8 Å². The summed E-state index contributed by atoms with van der Waals surface area (Å²) in [7, 11) is 5.31. The lowest BCUT2D eigenvalue weighted by molar-refractivity contribution is -0.132. The van der Waals surface area contributed by atoms with Gasteiger partial charge in [0.2, 0.25) is 11.8 Å². The molecule has 0 radical (unpaired) electrons. The fourth-order valence-corrected chi connectivity index (χ4v) is 0.922. The lowest BCUT2D eigenvalue weighted by Gasteiger charge is -2.11. The van der Waals surface area contributed by atoms with E-state index in [2.05, 4.69) is 0 Å². The van der Waals surface area contributed by atoms with E-state index < -0.39 is 0 Å². The molecule has 0 saturated carbocycles. The molecule has 0 fully saturated rings. The Morgan fingerprint density at radius 1 is 0.786 bits per heavy atom. The Morgan fingerprint density at radius 3 is 1.14 bits per heavy atom. The summed E-state index contributed by atoms with van der Waals surface area (Å²) in [6, 6.07) is 0. The van der Waals surface area contributed by atoms with Crippen LogP contribution >= 0.6 is 0 Å². The Balaban J connectivity index is -0.000000138. The summed E-state index contributed by atoms with van der Waals surface area (Å²) in [5.74, 6) is 0.794.